The predicted octanol–water partition coefficient (Wildman–Crippen LogP) is 2.05. The van der Waals surface area contributed by atoms with Gasteiger partial charge < -0.3 is 8.92 Å². The van der Waals surface area contributed by atoms with Gasteiger partial charge in [-0.05, 0) is 12.1 Å². The highest BCUT2D eigenvalue weighted by molar-refractivity contribution is 7.88. The van der Waals surface area contributed by atoms with Crippen LogP contribution in [0.15, 0.2) is 30.3 Å². The average molecular weight is 270 g/mol. The van der Waals surface area contributed by atoms with Gasteiger partial charge in [-0.25, -0.2) is 4.79 Å². The molecule has 0 aromatic heterocycles. The third-order valence-electron chi connectivity index (χ3n) is 1.41. The number of halogens is 3. The molecule has 9 heteroatoms. The van der Waals surface area contributed by atoms with E-state index < -0.39 is 21.8 Å². The fourth-order valence-electron chi connectivity index (χ4n) is 0.739. The van der Waals surface area contributed by atoms with Gasteiger partial charge in [0, 0.05) is 0 Å². The minimum Gasteiger partial charge on any atom is -0.394 e. The molecule has 94 valence electrons. The summed E-state index contributed by atoms with van der Waals surface area (Å²) >= 11 is 0. The molecule has 0 radical (unpaired) electrons. The van der Waals surface area contributed by atoms with E-state index in [-0.39, 0.29) is 5.75 Å². The Morgan fingerprint density at radius 1 is 1.12 bits per heavy atom. The van der Waals surface area contributed by atoms with E-state index in [0.717, 1.165) is 0 Å². The third-order valence-corrected chi connectivity index (χ3v) is 2.33. The minimum atomic E-state index is -5.99. The van der Waals surface area contributed by atoms with Crippen LogP contribution in [0.5, 0.6) is 5.75 Å². The Hall–Kier alpha value is -1.77. The van der Waals surface area contributed by atoms with Gasteiger partial charge in [-0.3, -0.25) is 0 Å². The summed E-state index contributed by atoms with van der Waals surface area (Å²) in [5, 5.41) is 0. The zero-order chi connectivity index (χ0) is 13.1. The van der Waals surface area contributed by atoms with Crippen molar-refractivity contribution in [1.29, 1.82) is 0 Å². The molecule has 1 aromatic rings. The first kappa shape index (κ1) is 13.3. The van der Waals surface area contributed by atoms with Crippen molar-refractivity contribution in [3.63, 3.8) is 0 Å². The number of carbonyl (C=O) groups excluding carboxylic acids is 1. The van der Waals surface area contributed by atoms with E-state index in [0.29, 0.717) is 0 Å². The fourth-order valence-corrected chi connectivity index (χ4v) is 1.05. The van der Waals surface area contributed by atoms with Gasteiger partial charge in [0.05, 0.1) is 0 Å². The Morgan fingerprint density at radius 3 is 2.12 bits per heavy atom. The molecular weight excluding hydrogens is 265 g/mol. The van der Waals surface area contributed by atoms with Crippen molar-refractivity contribution >= 4 is 16.3 Å². The maximum absolute atomic E-state index is 11.8. The largest absolute Gasteiger partial charge is 0.534 e. The molecule has 1 aromatic carbocycles. The van der Waals surface area contributed by atoms with Crippen molar-refractivity contribution in [2.75, 3.05) is 0 Å². The first-order valence-electron chi connectivity index (χ1n) is 4.00. The van der Waals surface area contributed by atoms with Crippen LogP contribution in [-0.4, -0.2) is 20.1 Å². The van der Waals surface area contributed by atoms with E-state index in [1.165, 1.54) is 24.3 Å². The standard InChI is InChI=1S/C8H5F3O5S/c9-8(10,11)17(13,14)16-7(12)15-6-4-2-1-3-5-6/h1-5H. The van der Waals surface area contributed by atoms with Crippen LogP contribution < -0.4 is 4.74 Å². The third kappa shape index (κ3) is 3.63. The smallest absolute Gasteiger partial charge is 0.394 e. The van der Waals surface area contributed by atoms with Gasteiger partial charge in [0.2, 0.25) is 0 Å². The van der Waals surface area contributed by atoms with Crippen molar-refractivity contribution in [3.8, 4) is 5.75 Å². The number of benzene rings is 1. The zero-order valence-corrected chi connectivity index (χ0v) is 8.79. The summed E-state index contributed by atoms with van der Waals surface area (Å²) in [7, 11) is -5.99. The SMILES string of the molecule is O=C(Oc1ccccc1)OS(=O)(=O)C(F)(F)F. The van der Waals surface area contributed by atoms with Crippen LogP contribution in [0.3, 0.4) is 0 Å². The van der Waals surface area contributed by atoms with Gasteiger partial charge in [0.1, 0.15) is 5.75 Å². The van der Waals surface area contributed by atoms with Gasteiger partial charge in [0.15, 0.2) is 0 Å². The predicted molar refractivity (Wildman–Crippen MR) is 48.5 cm³/mol. The van der Waals surface area contributed by atoms with E-state index in [4.69, 9.17) is 0 Å². The Kier molecular flexibility index (Phi) is 3.61. The zero-order valence-electron chi connectivity index (χ0n) is 7.97. The molecule has 0 saturated carbocycles. The highest BCUT2D eigenvalue weighted by Gasteiger charge is 2.50. The second kappa shape index (κ2) is 4.62. The summed E-state index contributed by atoms with van der Waals surface area (Å²) in [5.41, 5.74) is -5.68. The molecule has 0 N–H and O–H groups in total. The van der Waals surface area contributed by atoms with Crippen molar-refractivity contribution in [3.05, 3.63) is 30.3 Å². The van der Waals surface area contributed by atoms with E-state index in [9.17, 15) is 26.4 Å². The second-order valence-corrected chi connectivity index (χ2v) is 4.19. The first-order chi connectivity index (χ1) is 7.72. The summed E-state index contributed by atoms with van der Waals surface area (Å²) in [4.78, 5) is 10.8. The maximum atomic E-state index is 11.8. The molecule has 1 rings (SSSR count). The Labute approximate surface area is 93.9 Å². The monoisotopic (exact) mass is 270 g/mol. The minimum absolute atomic E-state index is 0.144. The molecule has 0 unspecified atom stereocenters. The lowest BCUT2D eigenvalue weighted by Crippen LogP contribution is -2.29. The number of carbonyl (C=O) groups is 1. The van der Waals surface area contributed by atoms with E-state index in [1.807, 2.05) is 0 Å². The van der Waals surface area contributed by atoms with E-state index >= 15 is 0 Å². The normalized spacial score (nSPS) is 11.9. The summed E-state index contributed by atoms with van der Waals surface area (Å²) in [6.45, 7) is 0. The highest BCUT2D eigenvalue weighted by Crippen LogP contribution is 2.25. The van der Waals surface area contributed by atoms with Crippen molar-refractivity contribution in [1.82, 2.24) is 0 Å². The van der Waals surface area contributed by atoms with Crippen molar-refractivity contribution in [2.24, 2.45) is 0 Å². The lowest BCUT2D eigenvalue weighted by molar-refractivity contribution is -0.0526. The second-order valence-electron chi connectivity index (χ2n) is 2.65. The molecular formula is C8H5F3O5S. The van der Waals surface area contributed by atoms with Gasteiger partial charge in [0.25, 0.3) is 0 Å². The first-order valence-corrected chi connectivity index (χ1v) is 5.41. The maximum Gasteiger partial charge on any atom is 0.534 e. The lowest BCUT2D eigenvalue weighted by atomic mass is 10.3. The average Bonchev–Trinajstić information content (AvgIpc) is 2.16. The van der Waals surface area contributed by atoms with Crippen LogP contribution in [0.2, 0.25) is 0 Å². The van der Waals surface area contributed by atoms with Gasteiger partial charge in [-0.2, -0.15) is 21.6 Å². The molecule has 17 heavy (non-hydrogen) atoms. The van der Waals surface area contributed by atoms with Crippen LogP contribution in [0, 0.1) is 0 Å². The van der Waals surface area contributed by atoms with Gasteiger partial charge >= 0.3 is 21.8 Å². The van der Waals surface area contributed by atoms with Crippen LogP contribution >= 0.6 is 0 Å². The number of hydrogen-bond acceptors (Lipinski definition) is 5. The summed E-state index contributed by atoms with van der Waals surface area (Å²) in [6, 6.07) is 6.90. The summed E-state index contributed by atoms with van der Waals surface area (Å²) in [5.74, 6) is -0.144. The van der Waals surface area contributed by atoms with Crippen LogP contribution in [0.4, 0.5) is 18.0 Å². The molecule has 0 fully saturated rings. The molecule has 0 amide bonds. The van der Waals surface area contributed by atoms with Gasteiger partial charge in [-0.15, -0.1) is 0 Å². The fraction of sp³-hybridized carbons (Fsp3) is 0.125. The quantitative estimate of drug-likeness (QED) is 0.356. The van der Waals surface area contributed by atoms with Crippen molar-refractivity contribution < 1.29 is 35.3 Å². The van der Waals surface area contributed by atoms with Crippen LogP contribution in [-0.2, 0) is 14.3 Å². The van der Waals surface area contributed by atoms with E-state index in [2.05, 4.69) is 8.92 Å². The Bertz CT molecular complexity index is 494. The molecule has 0 bridgehead atoms. The number of hydrogen-bond donors (Lipinski definition) is 0. The van der Waals surface area contributed by atoms with Crippen LogP contribution in [0.25, 0.3) is 0 Å². The number of rotatable bonds is 2. The highest BCUT2D eigenvalue weighted by atomic mass is 32.2. The molecule has 0 aliphatic carbocycles. The summed E-state index contributed by atoms with van der Waals surface area (Å²) in [6.07, 6.45) is -1.98. The molecule has 0 atom stereocenters. The Balaban J connectivity index is 2.69. The lowest BCUT2D eigenvalue weighted by Gasteiger charge is -2.07. The topological polar surface area (TPSA) is 69.7 Å². The number of alkyl halides is 3. The molecule has 0 saturated heterocycles. The molecule has 0 heterocycles. The summed E-state index contributed by atoms with van der Waals surface area (Å²) < 4.78 is 63.6. The van der Waals surface area contributed by atoms with Crippen LogP contribution in [0.1, 0.15) is 0 Å². The molecule has 5 nitrogen and oxygen atoms in total. The number of para-hydroxylation sites is 1. The van der Waals surface area contributed by atoms with Crippen molar-refractivity contribution in [2.45, 2.75) is 5.51 Å². The molecule has 0 spiro atoms. The Morgan fingerprint density at radius 2 is 1.65 bits per heavy atom. The van der Waals surface area contributed by atoms with E-state index in [1.54, 1.807) is 6.07 Å². The van der Waals surface area contributed by atoms with Gasteiger partial charge in [-0.1, -0.05) is 18.2 Å². The molecule has 0 aliphatic heterocycles. The number of ether oxygens (including phenoxy) is 1. The molecule has 0 aliphatic rings.